The van der Waals surface area contributed by atoms with Gasteiger partial charge in [-0.2, -0.15) is 0 Å². The average Bonchev–Trinajstić information content (AvgIpc) is 3.28. The Hall–Kier alpha value is -3.98. The minimum absolute atomic E-state index is 0.0567. The summed E-state index contributed by atoms with van der Waals surface area (Å²) >= 11 is 0. The van der Waals surface area contributed by atoms with Crippen molar-refractivity contribution >= 4 is 15.7 Å². The molecule has 1 N–H and O–H groups in total. The van der Waals surface area contributed by atoms with Crippen LogP contribution in [0.3, 0.4) is 0 Å². The van der Waals surface area contributed by atoms with Gasteiger partial charge in [-0.3, -0.25) is 4.79 Å². The number of aromatic nitrogens is 1. The van der Waals surface area contributed by atoms with Crippen LogP contribution in [-0.2, 0) is 22.1 Å². The number of nitrogens with one attached hydrogen (secondary N) is 1. The molecule has 168 valence electrons. The molecule has 2 heterocycles. The number of hydrogen-bond acceptors (Lipinski definition) is 6. The zero-order valence-electron chi connectivity index (χ0n) is 17.3. The molecule has 0 saturated carbocycles. The van der Waals surface area contributed by atoms with Crippen LogP contribution in [0, 0.1) is 5.82 Å². The molecule has 33 heavy (non-hydrogen) atoms. The first kappa shape index (κ1) is 22.2. The highest BCUT2D eigenvalue weighted by Crippen LogP contribution is 2.21. The third kappa shape index (κ3) is 5.64. The molecule has 0 aliphatic heterocycles. The number of ether oxygens (including phenoxy) is 1. The summed E-state index contributed by atoms with van der Waals surface area (Å²) in [6.45, 7) is 0.147. The number of furan rings is 1. The van der Waals surface area contributed by atoms with Crippen LogP contribution in [0.1, 0.15) is 21.7 Å². The van der Waals surface area contributed by atoms with Crippen molar-refractivity contribution in [2.45, 2.75) is 17.2 Å². The van der Waals surface area contributed by atoms with Gasteiger partial charge in [0, 0.05) is 24.4 Å². The standard InChI is InChI=1S/C24H19FN2O5S/c25-19-7-9-20(10-8-19)32-22-11-6-17(14-26-22)15-27-24(28)23-18(12-13-31-23)16-33(29,30)21-4-2-1-3-5-21/h1-14H,15-16H2,(H,27,28). The molecule has 1 amide bonds. The molecule has 0 aliphatic rings. The van der Waals surface area contributed by atoms with Crippen LogP contribution < -0.4 is 10.1 Å². The lowest BCUT2D eigenvalue weighted by molar-refractivity contribution is 0.0922. The van der Waals surface area contributed by atoms with Crippen molar-refractivity contribution in [2.24, 2.45) is 0 Å². The Kier molecular flexibility index (Phi) is 6.50. The molecular formula is C24H19FN2O5S. The lowest BCUT2D eigenvalue weighted by Crippen LogP contribution is -2.23. The number of pyridine rings is 1. The van der Waals surface area contributed by atoms with Crippen LogP contribution in [-0.4, -0.2) is 19.3 Å². The molecule has 7 nitrogen and oxygen atoms in total. The van der Waals surface area contributed by atoms with E-state index >= 15 is 0 Å². The first-order valence-corrected chi connectivity index (χ1v) is 11.6. The van der Waals surface area contributed by atoms with E-state index in [0.717, 1.165) is 0 Å². The lowest BCUT2D eigenvalue weighted by atomic mass is 10.2. The van der Waals surface area contributed by atoms with E-state index in [4.69, 9.17) is 9.15 Å². The van der Waals surface area contributed by atoms with E-state index in [9.17, 15) is 17.6 Å². The SMILES string of the molecule is O=C(NCc1ccc(Oc2ccc(F)cc2)nc1)c1occc1CS(=O)(=O)c1ccccc1. The van der Waals surface area contributed by atoms with Gasteiger partial charge in [0.2, 0.25) is 5.88 Å². The molecule has 0 radical (unpaired) electrons. The Morgan fingerprint density at radius 2 is 1.76 bits per heavy atom. The Morgan fingerprint density at radius 1 is 1.00 bits per heavy atom. The highest BCUT2D eigenvalue weighted by atomic mass is 32.2. The van der Waals surface area contributed by atoms with Crippen LogP contribution >= 0.6 is 0 Å². The zero-order valence-corrected chi connectivity index (χ0v) is 18.1. The third-order valence-electron chi connectivity index (χ3n) is 4.69. The van der Waals surface area contributed by atoms with Crippen LogP contribution in [0.25, 0.3) is 0 Å². The summed E-state index contributed by atoms with van der Waals surface area (Å²) in [7, 11) is -3.62. The second-order valence-corrected chi connectivity index (χ2v) is 9.08. The molecule has 2 aromatic carbocycles. The van der Waals surface area contributed by atoms with E-state index in [1.54, 1.807) is 30.3 Å². The first-order valence-electron chi connectivity index (χ1n) is 9.91. The van der Waals surface area contributed by atoms with E-state index < -0.39 is 15.7 Å². The van der Waals surface area contributed by atoms with Crippen LogP contribution in [0.4, 0.5) is 4.39 Å². The van der Waals surface area contributed by atoms with Gasteiger partial charge in [0.05, 0.1) is 16.9 Å². The minimum atomic E-state index is -3.62. The lowest BCUT2D eigenvalue weighted by Gasteiger charge is -2.08. The molecule has 4 rings (SSSR count). The maximum atomic E-state index is 13.0. The monoisotopic (exact) mass is 466 g/mol. The van der Waals surface area contributed by atoms with Crippen molar-refractivity contribution in [1.29, 1.82) is 0 Å². The number of nitrogens with zero attached hydrogens (tertiary/aromatic N) is 1. The average molecular weight is 466 g/mol. The molecule has 0 spiro atoms. The fourth-order valence-corrected chi connectivity index (χ4v) is 4.40. The summed E-state index contributed by atoms with van der Waals surface area (Å²) in [4.78, 5) is 16.9. The Balaban J connectivity index is 1.37. The molecular weight excluding hydrogens is 447 g/mol. The molecule has 0 bridgehead atoms. The fourth-order valence-electron chi connectivity index (χ4n) is 3.03. The molecule has 0 unspecified atom stereocenters. The third-order valence-corrected chi connectivity index (χ3v) is 6.37. The summed E-state index contributed by atoms with van der Waals surface area (Å²) in [6.07, 6.45) is 2.82. The van der Waals surface area contributed by atoms with E-state index in [1.165, 1.54) is 54.9 Å². The number of benzene rings is 2. The van der Waals surface area contributed by atoms with Gasteiger partial charge in [0.25, 0.3) is 5.91 Å². The maximum absolute atomic E-state index is 13.0. The van der Waals surface area contributed by atoms with Gasteiger partial charge in [0.1, 0.15) is 11.6 Å². The summed E-state index contributed by atoms with van der Waals surface area (Å²) in [5.74, 6) is -0.549. The van der Waals surface area contributed by atoms with Crippen LogP contribution in [0.2, 0.25) is 0 Å². The van der Waals surface area contributed by atoms with Crippen molar-refractivity contribution in [3.63, 3.8) is 0 Å². The maximum Gasteiger partial charge on any atom is 0.287 e. The Labute approximate surface area is 189 Å². The number of sulfone groups is 1. The second-order valence-electron chi connectivity index (χ2n) is 7.09. The van der Waals surface area contributed by atoms with Gasteiger partial charge in [-0.25, -0.2) is 17.8 Å². The van der Waals surface area contributed by atoms with Gasteiger partial charge in [-0.1, -0.05) is 24.3 Å². The molecule has 0 aliphatic carbocycles. The number of rotatable bonds is 8. The van der Waals surface area contributed by atoms with E-state index in [0.29, 0.717) is 17.2 Å². The summed E-state index contributed by atoms with van der Waals surface area (Å²) in [5, 5.41) is 2.69. The first-order chi connectivity index (χ1) is 15.9. The van der Waals surface area contributed by atoms with E-state index in [2.05, 4.69) is 10.3 Å². The molecule has 2 aromatic heterocycles. The molecule has 0 atom stereocenters. The van der Waals surface area contributed by atoms with Crippen molar-refractivity contribution in [1.82, 2.24) is 10.3 Å². The van der Waals surface area contributed by atoms with Gasteiger partial charge in [-0.15, -0.1) is 0 Å². The molecule has 9 heteroatoms. The largest absolute Gasteiger partial charge is 0.459 e. The van der Waals surface area contributed by atoms with Gasteiger partial charge in [0.15, 0.2) is 15.6 Å². The Morgan fingerprint density at radius 3 is 2.45 bits per heavy atom. The molecule has 0 saturated heterocycles. The highest BCUT2D eigenvalue weighted by Gasteiger charge is 2.22. The highest BCUT2D eigenvalue weighted by molar-refractivity contribution is 7.90. The zero-order chi connectivity index (χ0) is 23.3. The predicted octanol–water partition coefficient (Wildman–Crippen LogP) is 4.51. The second kappa shape index (κ2) is 9.66. The van der Waals surface area contributed by atoms with Crippen molar-refractivity contribution in [3.8, 4) is 11.6 Å². The number of amides is 1. The summed E-state index contributed by atoms with van der Waals surface area (Å²) in [6, 6.07) is 18.4. The van der Waals surface area contributed by atoms with Crippen molar-refractivity contribution in [3.05, 3.63) is 108 Å². The minimum Gasteiger partial charge on any atom is -0.459 e. The van der Waals surface area contributed by atoms with Gasteiger partial charge in [-0.05, 0) is 48.0 Å². The van der Waals surface area contributed by atoms with Gasteiger partial charge >= 0.3 is 0 Å². The number of carbonyl (C=O) groups excluding carboxylic acids is 1. The number of halogens is 1. The van der Waals surface area contributed by atoms with Crippen LogP contribution in [0.5, 0.6) is 11.6 Å². The smallest absolute Gasteiger partial charge is 0.287 e. The fraction of sp³-hybridized carbons (Fsp3) is 0.0833. The van der Waals surface area contributed by atoms with Crippen LogP contribution in [0.15, 0.2) is 94.6 Å². The summed E-state index contributed by atoms with van der Waals surface area (Å²) in [5.41, 5.74) is 0.970. The summed E-state index contributed by atoms with van der Waals surface area (Å²) < 4.78 is 49.0. The van der Waals surface area contributed by atoms with E-state index in [1.807, 2.05) is 0 Å². The van der Waals surface area contributed by atoms with E-state index in [-0.39, 0.29) is 34.3 Å². The van der Waals surface area contributed by atoms with Crippen molar-refractivity contribution < 1.29 is 26.8 Å². The predicted molar refractivity (Wildman–Crippen MR) is 118 cm³/mol. The van der Waals surface area contributed by atoms with Gasteiger partial charge < -0.3 is 14.5 Å². The quantitative estimate of drug-likeness (QED) is 0.410. The topological polar surface area (TPSA) is 98.5 Å². The Bertz CT molecular complexity index is 1340. The number of carbonyl (C=O) groups is 1. The van der Waals surface area contributed by atoms with Crippen molar-refractivity contribution in [2.75, 3.05) is 0 Å². The number of hydrogen-bond donors (Lipinski definition) is 1. The normalized spacial score (nSPS) is 11.2. The molecule has 4 aromatic rings. The molecule has 0 fully saturated rings.